The van der Waals surface area contributed by atoms with E-state index in [1.165, 1.54) is 26.0 Å². The SMILES string of the molecule is CC(=O)Nc1ccc(NC(=O)C(C)OC(=O)c2ccc(N3CCOCC3)c([N+](=O)[O-])c2)cc1. The van der Waals surface area contributed by atoms with Crippen LogP contribution in [0, 0.1) is 10.1 Å². The number of hydrogen-bond donors (Lipinski definition) is 2. The number of carbonyl (C=O) groups is 3. The third kappa shape index (κ3) is 6.26. The minimum absolute atomic E-state index is 0.0296. The molecule has 0 spiro atoms. The van der Waals surface area contributed by atoms with E-state index in [2.05, 4.69) is 10.6 Å². The molecule has 1 aliphatic heterocycles. The number of nitrogens with one attached hydrogen (secondary N) is 2. The van der Waals surface area contributed by atoms with Crippen LogP contribution in [0.1, 0.15) is 24.2 Å². The van der Waals surface area contributed by atoms with Gasteiger partial charge in [0.2, 0.25) is 5.91 Å². The van der Waals surface area contributed by atoms with E-state index in [4.69, 9.17) is 9.47 Å². The summed E-state index contributed by atoms with van der Waals surface area (Å²) in [4.78, 5) is 48.8. The molecule has 2 N–H and O–H groups in total. The van der Waals surface area contributed by atoms with Gasteiger partial charge in [0.15, 0.2) is 6.10 Å². The molecule has 0 bridgehead atoms. The summed E-state index contributed by atoms with van der Waals surface area (Å²) in [6.07, 6.45) is -1.15. The predicted octanol–water partition coefficient (Wildman–Crippen LogP) is 2.57. The third-order valence-electron chi connectivity index (χ3n) is 4.89. The van der Waals surface area contributed by atoms with Gasteiger partial charge in [-0.05, 0) is 43.3 Å². The van der Waals surface area contributed by atoms with Crippen LogP contribution in [-0.4, -0.2) is 55.1 Å². The van der Waals surface area contributed by atoms with Gasteiger partial charge in [-0.2, -0.15) is 0 Å². The molecule has 1 unspecified atom stereocenters. The van der Waals surface area contributed by atoms with Gasteiger partial charge in [0.1, 0.15) is 5.69 Å². The van der Waals surface area contributed by atoms with Crippen molar-refractivity contribution in [2.24, 2.45) is 0 Å². The van der Waals surface area contributed by atoms with E-state index in [0.717, 1.165) is 6.07 Å². The van der Waals surface area contributed by atoms with Gasteiger partial charge in [0, 0.05) is 37.5 Å². The minimum atomic E-state index is -1.15. The third-order valence-corrected chi connectivity index (χ3v) is 4.89. The molecule has 1 fully saturated rings. The zero-order valence-corrected chi connectivity index (χ0v) is 18.2. The summed E-state index contributed by atoms with van der Waals surface area (Å²) in [6, 6.07) is 10.5. The Kier molecular flexibility index (Phi) is 7.57. The largest absolute Gasteiger partial charge is 0.449 e. The van der Waals surface area contributed by atoms with E-state index in [-0.39, 0.29) is 17.2 Å². The van der Waals surface area contributed by atoms with Gasteiger partial charge in [0.05, 0.1) is 23.7 Å². The number of hydrogen-bond acceptors (Lipinski definition) is 8. The molecule has 174 valence electrons. The van der Waals surface area contributed by atoms with E-state index in [0.29, 0.717) is 43.4 Å². The van der Waals surface area contributed by atoms with Gasteiger partial charge < -0.3 is 25.0 Å². The van der Waals surface area contributed by atoms with Crippen LogP contribution in [-0.2, 0) is 19.1 Å². The Balaban J connectivity index is 1.64. The number of nitro benzene ring substituents is 1. The molecule has 0 aromatic heterocycles. The van der Waals surface area contributed by atoms with Crippen molar-refractivity contribution in [1.82, 2.24) is 0 Å². The normalized spacial score (nSPS) is 14.2. The zero-order chi connectivity index (χ0) is 24.0. The quantitative estimate of drug-likeness (QED) is 0.368. The van der Waals surface area contributed by atoms with Crippen LogP contribution in [0.3, 0.4) is 0 Å². The molecule has 3 rings (SSSR count). The van der Waals surface area contributed by atoms with E-state index in [9.17, 15) is 24.5 Å². The van der Waals surface area contributed by atoms with Crippen LogP contribution < -0.4 is 15.5 Å². The molecule has 2 amide bonds. The number of amides is 2. The van der Waals surface area contributed by atoms with Crippen molar-refractivity contribution in [3.63, 3.8) is 0 Å². The highest BCUT2D eigenvalue weighted by atomic mass is 16.6. The van der Waals surface area contributed by atoms with Crippen LogP contribution >= 0.6 is 0 Å². The van der Waals surface area contributed by atoms with Crippen molar-refractivity contribution in [3.8, 4) is 0 Å². The molecule has 1 heterocycles. The Labute approximate surface area is 189 Å². The second-order valence-corrected chi connectivity index (χ2v) is 7.36. The second-order valence-electron chi connectivity index (χ2n) is 7.36. The summed E-state index contributed by atoms with van der Waals surface area (Å²) < 4.78 is 10.5. The van der Waals surface area contributed by atoms with E-state index in [1.54, 1.807) is 24.3 Å². The average Bonchev–Trinajstić information content (AvgIpc) is 2.80. The molecule has 1 saturated heterocycles. The number of ether oxygens (including phenoxy) is 2. The number of rotatable bonds is 7. The molecule has 33 heavy (non-hydrogen) atoms. The Hall–Kier alpha value is -3.99. The van der Waals surface area contributed by atoms with E-state index < -0.39 is 22.9 Å². The van der Waals surface area contributed by atoms with Crippen molar-refractivity contribution in [2.75, 3.05) is 41.8 Å². The lowest BCUT2D eigenvalue weighted by atomic mass is 10.1. The topological polar surface area (TPSA) is 140 Å². The number of benzene rings is 2. The molecular formula is C22H24N4O7. The molecule has 1 atom stereocenters. The molecule has 2 aromatic rings. The standard InChI is InChI=1S/C22H24N4O7/c1-14(21(28)24-18-6-4-17(5-7-18)23-15(2)27)33-22(29)16-3-8-19(20(13-16)26(30)31)25-9-11-32-12-10-25/h3-8,13-14H,9-12H2,1-2H3,(H,23,27)(H,24,28). The van der Waals surface area contributed by atoms with Crippen LogP contribution in [0.4, 0.5) is 22.7 Å². The van der Waals surface area contributed by atoms with Gasteiger partial charge in [-0.1, -0.05) is 0 Å². The van der Waals surface area contributed by atoms with Crippen LogP contribution in [0.25, 0.3) is 0 Å². The van der Waals surface area contributed by atoms with Gasteiger partial charge in [-0.15, -0.1) is 0 Å². The summed E-state index contributed by atoms with van der Waals surface area (Å²) in [5.74, 6) is -1.64. The molecule has 11 nitrogen and oxygen atoms in total. The lowest BCUT2D eigenvalue weighted by Gasteiger charge is -2.28. The lowest BCUT2D eigenvalue weighted by molar-refractivity contribution is -0.384. The van der Waals surface area contributed by atoms with Crippen LogP contribution in [0.2, 0.25) is 0 Å². The van der Waals surface area contributed by atoms with Crippen molar-refractivity contribution in [1.29, 1.82) is 0 Å². The maximum Gasteiger partial charge on any atom is 0.339 e. The lowest BCUT2D eigenvalue weighted by Crippen LogP contribution is -2.36. The fraction of sp³-hybridized carbons (Fsp3) is 0.318. The Morgan fingerprint density at radius 2 is 1.67 bits per heavy atom. The maximum absolute atomic E-state index is 12.5. The highest BCUT2D eigenvalue weighted by Gasteiger charge is 2.25. The summed E-state index contributed by atoms with van der Waals surface area (Å²) >= 11 is 0. The molecule has 11 heteroatoms. The van der Waals surface area contributed by atoms with Crippen LogP contribution in [0.5, 0.6) is 0 Å². The predicted molar refractivity (Wildman–Crippen MR) is 120 cm³/mol. The average molecular weight is 456 g/mol. The Morgan fingerprint density at radius 3 is 2.24 bits per heavy atom. The van der Waals surface area contributed by atoms with Crippen molar-refractivity contribution in [3.05, 3.63) is 58.1 Å². The fourth-order valence-electron chi connectivity index (χ4n) is 3.23. The molecule has 2 aromatic carbocycles. The van der Waals surface area contributed by atoms with E-state index in [1.807, 2.05) is 4.90 Å². The number of nitro groups is 1. The first-order valence-electron chi connectivity index (χ1n) is 10.2. The van der Waals surface area contributed by atoms with E-state index >= 15 is 0 Å². The molecule has 1 aliphatic rings. The minimum Gasteiger partial charge on any atom is -0.449 e. The smallest absolute Gasteiger partial charge is 0.339 e. The number of esters is 1. The first-order chi connectivity index (χ1) is 15.7. The molecule has 0 saturated carbocycles. The first kappa shape index (κ1) is 23.7. The highest BCUT2D eigenvalue weighted by molar-refractivity contribution is 5.98. The van der Waals surface area contributed by atoms with Gasteiger partial charge in [0.25, 0.3) is 11.6 Å². The Bertz CT molecular complexity index is 1050. The van der Waals surface area contributed by atoms with Gasteiger partial charge >= 0.3 is 5.97 Å². The summed E-state index contributed by atoms with van der Waals surface area (Å²) in [5, 5.41) is 16.8. The van der Waals surface area contributed by atoms with Crippen molar-refractivity contribution < 1.29 is 28.8 Å². The monoisotopic (exact) mass is 456 g/mol. The van der Waals surface area contributed by atoms with Gasteiger partial charge in [-0.3, -0.25) is 19.7 Å². The Morgan fingerprint density at radius 1 is 1.06 bits per heavy atom. The number of anilines is 3. The molecular weight excluding hydrogens is 432 g/mol. The zero-order valence-electron chi connectivity index (χ0n) is 18.2. The first-order valence-corrected chi connectivity index (χ1v) is 10.2. The fourth-order valence-corrected chi connectivity index (χ4v) is 3.23. The summed E-state index contributed by atoms with van der Waals surface area (Å²) in [6.45, 7) is 4.72. The summed E-state index contributed by atoms with van der Waals surface area (Å²) in [7, 11) is 0. The molecule has 0 aliphatic carbocycles. The van der Waals surface area contributed by atoms with Gasteiger partial charge in [-0.25, -0.2) is 4.79 Å². The second kappa shape index (κ2) is 10.6. The van der Waals surface area contributed by atoms with Crippen molar-refractivity contribution in [2.45, 2.75) is 20.0 Å². The highest BCUT2D eigenvalue weighted by Crippen LogP contribution is 2.30. The number of nitrogens with zero attached hydrogens (tertiary/aromatic N) is 2. The molecule has 0 radical (unpaired) electrons. The van der Waals surface area contributed by atoms with Crippen LogP contribution in [0.15, 0.2) is 42.5 Å². The number of morpholine rings is 1. The number of carbonyl (C=O) groups excluding carboxylic acids is 3. The van der Waals surface area contributed by atoms with Crippen molar-refractivity contribution >= 4 is 40.5 Å². The summed E-state index contributed by atoms with van der Waals surface area (Å²) in [5.41, 5.74) is 1.17. The maximum atomic E-state index is 12.5.